The summed E-state index contributed by atoms with van der Waals surface area (Å²) in [6.07, 6.45) is -1.45. The Labute approximate surface area is 180 Å². The number of ether oxygens (including phenoxy) is 2. The second-order valence-electron chi connectivity index (χ2n) is 5.61. The van der Waals surface area contributed by atoms with Gasteiger partial charge in [-0.2, -0.15) is 8.78 Å². The van der Waals surface area contributed by atoms with Gasteiger partial charge >= 0.3 is 18.0 Å². The molecule has 7 nitrogen and oxygen atoms in total. The number of aromatic carboxylic acids is 1. The van der Waals surface area contributed by atoms with Gasteiger partial charge in [-0.25, -0.2) is 18.4 Å². The highest BCUT2D eigenvalue weighted by molar-refractivity contribution is 14.1. The van der Waals surface area contributed by atoms with Crippen LogP contribution in [0.3, 0.4) is 0 Å². The van der Waals surface area contributed by atoms with Crippen molar-refractivity contribution in [3.8, 4) is 5.75 Å². The van der Waals surface area contributed by atoms with Crippen LogP contribution in [0.5, 0.6) is 5.75 Å². The normalized spacial score (nSPS) is 10.4. The zero-order valence-electron chi connectivity index (χ0n) is 14.8. The molecule has 0 aliphatic carbocycles. The van der Waals surface area contributed by atoms with Gasteiger partial charge in [0.25, 0.3) is 0 Å². The van der Waals surface area contributed by atoms with Gasteiger partial charge in [-0.15, -0.1) is 0 Å². The number of benzene rings is 2. The minimum absolute atomic E-state index is 0.125. The van der Waals surface area contributed by atoms with Gasteiger partial charge in [0.2, 0.25) is 17.4 Å². The predicted molar refractivity (Wildman–Crippen MR) is 102 cm³/mol. The molecular weight excluding hydrogens is 529 g/mol. The summed E-state index contributed by atoms with van der Waals surface area (Å²) >= 11 is 2.04. The van der Waals surface area contributed by atoms with Crippen molar-refractivity contribution in [2.75, 3.05) is 11.9 Å². The van der Waals surface area contributed by atoms with E-state index < -0.39 is 59.0 Å². The van der Waals surface area contributed by atoms with Crippen LogP contribution in [0.25, 0.3) is 0 Å². The molecule has 0 aliphatic rings. The van der Waals surface area contributed by atoms with Gasteiger partial charge in [0.15, 0.2) is 11.6 Å². The number of carbonyl (C=O) groups excluding carboxylic acids is 2. The molecule has 0 aromatic heterocycles. The number of halogens is 5. The molecule has 0 aliphatic heterocycles. The van der Waals surface area contributed by atoms with Gasteiger partial charge in [0.05, 0.1) is 6.61 Å². The van der Waals surface area contributed by atoms with Crippen molar-refractivity contribution in [1.82, 2.24) is 0 Å². The lowest BCUT2D eigenvalue weighted by molar-refractivity contribution is -0.135. The lowest BCUT2D eigenvalue weighted by atomic mass is 10.1. The molecule has 0 heterocycles. The van der Waals surface area contributed by atoms with Crippen LogP contribution in [0.15, 0.2) is 24.3 Å². The monoisotopic (exact) mass is 541 g/mol. The van der Waals surface area contributed by atoms with Gasteiger partial charge in [0, 0.05) is 15.7 Å². The van der Waals surface area contributed by atoms with Crippen LogP contribution < -0.4 is 10.1 Å². The second-order valence-corrected chi connectivity index (χ2v) is 6.86. The molecule has 0 saturated carbocycles. The maximum atomic E-state index is 13.8. The molecule has 0 unspecified atom stereocenters. The summed E-state index contributed by atoms with van der Waals surface area (Å²) in [5.74, 6) is -13.9. The van der Waals surface area contributed by atoms with Gasteiger partial charge < -0.3 is 14.6 Å². The number of rotatable bonds is 7. The Bertz CT molecular complexity index is 972. The maximum Gasteiger partial charge on any atom is 0.411 e. The van der Waals surface area contributed by atoms with Gasteiger partial charge in [-0.3, -0.25) is 10.1 Å². The third-order valence-electron chi connectivity index (χ3n) is 3.48. The van der Waals surface area contributed by atoms with E-state index in [1.165, 1.54) is 0 Å². The Kier molecular flexibility index (Phi) is 7.97. The van der Waals surface area contributed by atoms with E-state index in [9.17, 15) is 31.9 Å². The third kappa shape index (κ3) is 5.81. The van der Waals surface area contributed by atoms with Crippen molar-refractivity contribution >= 4 is 46.3 Å². The third-order valence-corrected chi connectivity index (χ3v) is 4.15. The van der Waals surface area contributed by atoms with Crippen LogP contribution >= 0.6 is 22.6 Å². The van der Waals surface area contributed by atoms with Gasteiger partial charge in [0.1, 0.15) is 5.56 Å². The number of nitrogens with one attached hydrogen (secondary N) is 1. The number of hydrogen-bond acceptors (Lipinski definition) is 5. The average molecular weight is 541 g/mol. The molecule has 2 aromatic carbocycles. The first kappa shape index (κ1) is 23.4. The van der Waals surface area contributed by atoms with Crippen LogP contribution in [-0.4, -0.2) is 29.7 Å². The highest BCUT2D eigenvalue weighted by Gasteiger charge is 2.31. The lowest BCUT2D eigenvalue weighted by Gasteiger charge is -2.10. The Hall–Kier alpha value is -2.90. The van der Waals surface area contributed by atoms with Crippen molar-refractivity contribution in [3.05, 3.63) is 56.7 Å². The van der Waals surface area contributed by atoms with Crippen molar-refractivity contribution < 1.29 is 46.5 Å². The molecule has 2 rings (SSSR count). The summed E-state index contributed by atoms with van der Waals surface area (Å²) in [4.78, 5) is 34.0. The summed E-state index contributed by atoms with van der Waals surface area (Å²) < 4.78 is 64.6. The Morgan fingerprint density at radius 3 is 2.23 bits per heavy atom. The van der Waals surface area contributed by atoms with E-state index in [1.54, 1.807) is 24.3 Å². The Morgan fingerprint density at radius 2 is 1.67 bits per heavy atom. The zero-order chi connectivity index (χ0) is 22.4. The first-order chi connectivity index (χ1) is 14.1. The SMILES string of the molecule is O=C(CCCOC(=O)Nc1cccc(I)c1)Oc1c(F)c(F)c(C(=O)O)c(F)c1F. The number of anilines is 1. The standard InChI is InChI=1S/C18H12F4INO6/c19-12-11(17(26)27)13(20)15(22)16(14(12)21)30-10(25)5-2-6-29-18(28)24-9-4-1-3-8(23)7-9/h1,3-4,7H,2,5-6H2,(H,24,28)(H,26,27). The number of amides is 1. The van der Waals surface area contributed by atoms with Crippen LogP contribution in [0.4, 0.5) is 28.0 Å². The quantitative estimate of drug-likeness (QED) is 0.134. The molecule has 2 N–H and O–H groups in total. The van der Waals surface area contributed by atoms with E-state index in [0.717, 1.165) is 3.57 Å². The number of hydrogen-bond donors (Lipinski definition) is 2. The topological polar surface area (TPSA) is 102 Å². The van der Waals surface area contributed by atoms with E-state index in [2.05, 4.69) is 10.1 Å². The van der Waals surface area contributed by atoms with Gasteiger partial charge in [-0.05, 0) is 47.2 Å². The minimum Gasteiger partial charge on any atom is -0.477 e. The Morgan fingerprint density at radius 1 is 1.03 bits per heavy atom. The van der Waals surface area contributed by atoms with E-state index in [-0.39, 0.29) is 13.0 Å². The number of esters is 1. The van der Waals surface area contributed by atoms with E-state index in [4.69, 9.17) is 9.84 Å². The number of carbonyl (C=O) groups is 3. The van der Waals surface area contributed by atoms with Crippen LogP contribution in [0.2, 0.25) is 0 Å². The minimum atomic E-state index is -2.23. The van der Waals surface area contributed by atoms with Crippen molar-refractivity contribution in [1.29, 1.82) is 0 Å². The van der Waals surface area contributed by atoms with Crippen molar-refractivity contribution in [2.45, 2.75) is 12.8 Å². The van der Waals surface area contributed by atoms with Crippen LogP contribution in [-0.2, 0) is 9.53 Å². The van der Waals surface area contributed by atoms with Crippen LogP contribution in [0.1, 0.15) is 23.2 Å². The molecule has 0 radical (unpaired) electrons. The molecule has 0 spiro atoms. The lowest BCUT2D eigenvalue weighted by Crippen LogP contribution is -2.17. The summed E-state index contributed by atoms with van der Waals surface area (Å²) in [6, 6.07) is 6.82. The molecule has 12 heteroatoms. The molecule has 30 heavy (non-hydrogen) atoms. The summed E-state index contributed by atoms with van der Waals surface area (Å²) in [5.41, 5.74) is -1.37. The molecule has 2 aromatic rings. The van der Waals surface area contributed by atoms with E-state index in [1.807, 2.05) is 22.6 Å². The summed E-state index contributed by atoms with van der Waals surface area (Å²) in [7, 11) is 0. The van der Waals surface area contributed by atoms with Crippen molar-refractivity contribution in [3.63, 3.8) is 0 Å². The first-order valence-electron chi connectivity index (χ1n) is 8.11. The molecule has 0 atom stereocenters. The van der Waals surface area contributed by atoms with E-state index in [0.29, 0.717) is 5.69 Å². The van der Waals surface area contributed by atoms with E-state index >= 15 is 0 Å². The highest BCUT2D eigenvalue weighted by Crippen LogP contribution is 2.30. The largest absolute Gasteiger partial charge is 0.477 e. The number of carboxylic acid groups (broad SMARTS) is 1. The second kappa shape index (κ2) is 10.2. The molecule has 0 bridgehead atoms. The maximum absolute atomic E-state index is 13.8. The fraction of sp³-hybridized carbons (Fsp3) is 0.167. The molecule has 1 amide bonds. The van der Waals surface area contributed by atoms with Gasteiger partial charge in [-0.1, -0.05) is 6.07 Å². The fourth-order valence-corrected chi connectivity index (χ4v) is 2.70. The summed E-state index contributed by atoms with van der Waals surface area (Å²) in [5, 5.41) is 11.0. The fourth-order valence-electron chi connectivity index (χ4n) is 2.16. The summed E-state index contributed by atoms with van der Waals surface area (Å²) in [6.45, 7) is -0.267. The average Bonchev–Trinajstić information content (AvgIpc) is 2.67. The highest BCUT2D eigenvalue weighted by atomic mass is 127. The number of carboxylic acids is 1. The first-order valence-corrected chi connectivity index (χ1v) is 9.19. The molecule has 0 saturated heterocycles. The molecule has 0 fully saturated rings. The van der Waals surface area contributed by atoms with Crippen LogP contribution in [0, 0.1) is 26.8 Å². The zero-order valence-corrected chi connectivity index (χ0v) is 17.0. The predicted octanol–water partition coefficient (Wildman–Crippen LogP) is 4.48. The smallest absolute Gasteiger partial charge is 0.411 e. The van der Waals surface area contributed by atoms with Crippen molar-refractivity contribution in [2.24, 2.45) is 0 Å². The molecular formula is C18H12F4INO6. The Balaban J connectivity index is 1.88. The molecule has 160 valence electrons.